The molecule has 32 heavy (non-hydrogen) atoms. The lowest BCUT2D eigenvalue weighted by atomic mass is 10.1. The van der Waals surface area contributed by atoms with Crippen LogP contribution in [0.1, 0.15) is 6.92 Å². The highest BCUT2D eigenvalue weighted by molar-refractivity contribution is 7.54. The Bertz CT molecular complexity index is 1190. The lowest BCUT2D eigenvalue weighted by Gasteiger charge is -2.22. The van der Waals surface area contributed by atoms with Gasteiger partial charge >= 0.3 is 13.6 Å². The summed E-state index contributed by atoms with van der Waals surface area (Å²) in [5, 5.41) is 6.42. The maximum Gasteiger partial charge on any atom is 0.444 e. The number of carbonyl (C=O) groups is 1. The Morgan fingerprint density at radius 2 is 1.28 bits per heavy atom. The molecule has 0 spiro atoms. The molecule has 0 aliphatic rings. The van der Waals surface area contributed by atoms with Crippen LogP contribution in [0.15, 0.2) is 84.9 Å². The quantitative estimate of drug-likeness (QED) is 0.259. The number of esters is 1. The van der Waals surface area contributed by atoms with Gasteiger partial charge in [-0.25, -0.2) is 4.57 Å². The number of hydrogen-bond donors (Lipinski definition) is 1. The summed E-state index contributed by atoms with van der Waals surface area (Å²) in [6, 6.07) is 26.5. The van der Waals surface area contributed by atoms with E-state index in [1.54, 1.807) is 19.1 Å². The first-order chi connectivity index (χ1) is 15.6. The predicted molar refractivity (Wildman–Crippen MR) is 126 cm³/mol. The summed E-state index contributed by atoms with van der Waals surface area (Å²) in [5.74, 6) is 0.462. The van der Waals surface area contributed by atoms with Crippen LogP contribution >= 0.6 is 7.60 Å². The third-order valence-electron chi connectivity index (χ3n) is 4.85. The van der Waals surface area contributed by atoms with Crippen LogP contribution in [0.25, 0.3) is 21.5 Å². The molecule has 0 unspecified atom stereocenters. The van der Waals surface area contributed by atoms with Crippen molar-refractivity contribution >= 4 is 35.1 Å². The maximum atomic E-state index is 13.9. The van der Waals surface area contributed by atoms with Gasteiger partial charge in [0.25, 0.3) is 0 Å². The number of benzene rings is 4. The molecular weight excluding hydrogens is 425 g/mol. The van der Waals surface area contributed by atoms with E-state index in [0.29, 0.717) is 11.5 Å². The monoisotopic (exact) mass is 449 g/mol. The van der Waals surface area contributed by atoms with Crippen molar-refractivity contribution in [1.29, 1.82) is 0 Å². The molecule has 0 bridgehead atoms. The average Bonchev–Trinajstić information content (AvgIpc) is 2.80. The van der Waals surface area contributed by atoms with Crippen LogP contribution in [0.2, 0.25) is 0 Å². The number of hydrogen-bond acceptors (Lipinski definition) is 6. The van der Waals surface area contributed by atoms with Crippen LogP contribution in [0.5, 0.6) is 11.5 Å². The van der Waals surface area contributed by atoms with Gasteiger partial charge in [-0.2, -0.15) is 0 Å². The molecule has 0 aliphatic heterocycles. The molecule has 0 saturated carbocycles. The summed E-state index contributed by atoms with van der Waals surface area (Å²) in [4.78, 5) is 11.7. The Morgan fingerprint density at radius 1 is 0.781 bits per heavy atom. The molecule has 0 aromatic heterocycles. The van der Waals surface area contributed by atoms with E-state index in [9.17, 15) is 9.36 Å². The van der Waals surface area contributed by atoms with E-state index >= 15 is 0 Å². The Labute approximate surface area is 186 Å². The molecule has 0 heterocycles. The van der Waals surface area contributed by atoms with Crippen molar-refractivity contribution in [2.75, 3.05) is 19.4 Å². The van der Waals surface area contributed by atoms with Crippen LogP contribution in [-0.2, 0) is 14.1 Å². The minimum atomic E-state index is -3.77. The molecule has 1 N–H and O–H groups in total. The van der Waals surface area contributed by atoms with Crippen LogP contribution in [0, 0.1) is 0 Å². The topological polar surface area (TPSA) is 73.9 Å². The third-order valence-corrected chi connectivity index (χ3v) is 6.41. The zero-order valence-electron chi connectivity index (χ0n) is 17.7. The van der Waals surface area contributed by atoms with Gasteiger partial charge in [0.15, 0.2) is 0 Å². The standard InChI is InChI=1S/C25H24NO5P/c1-2-29-25(27)17-26-18-32(28,30-23-15-7-11-19-9-3-5-13-21(19)23)31-24-16-8-12-20-10-4-6-14-22(20)24/h3-16,26H,2,17-18H2,1H3. The van der Waals surface area contributed by atoms with Gasteiger partial charge < -0.3 is 13.8 Å². The number of fused-ring (bicyclic) bond motifs is 2. The van der Waals surface area contributed by atoms with Gasteiger partial charge in [0.1, 0.15) is 17.8 Å². The zero-order chi connectivity index (χ0) is 22.4. The molecule has 4 aromatic carbocycles. The lowest BCUT2D eigenvalue weighted by molar-refractivity contribution is -0.141. The minimum absolute atomic E-state index is 0.102. The highest BCUT2D eigenvalue weighted by atomic mass is 31.2. The van der Waals surface area contributed by atoms with Gasteiger partial charge in [-0.05, 0) is 29.8 Å². The van der Waals surface area contributed by atoms with Crippen molar-refractivity contribution in [1.82, 2.24) is 5.32 Å². The SMILES string of the molecule is CCOC(=O)CNCP(=O)(Oc1cccc2ccccc12)Oc1cccc2ccccc12. The van der Waals surface area contributed by atoms with Gasteiger partial charge in [-0.15, -0.1) is 0 Å². The fourth-order valence-corrected chi connectivity index (χ4v) is 4.91. The lowest BCUT2D eigenvalue weighted by Crippen LogP contribution is -2.27. The van der Waals surface area contributed by atoms with Crippen molar-refractivity contribution in [2.45, 2.75) is 6.92 Å². The van der Waals surface area contributed by atoms with Gasteiger partial charge in [-0.1, -0.05) is 72.8 Å². The number of ether oxygens (including phenoxy) is 1. The second-order valence-electron chi connectivity index (χ2n) is 7.14. The van der Waals surface area contributed by atoms with Gasteiger partial charge in [0.05, 0.1) is 13.2 Å². The molecule has 7 heteroatoms. The summed E-state index contributed by atoms with van der Waals surface area (Å²) >= 11 is 0. The summed E-state index contributed by atoms with van der Waals surface area (Å²) < 4.78 is 30.9. The van der Waals surface area contributed by atoms with Crippen molar-refractivity contribution < 1.29 is 23.1 Å². The Hall–Kier alpha value is -3.34. The largest absolute Gasteiger partial charge is 0.465 e. The van der Waals surface area contributed by atoms with E-state index in [0.717, 1.165) is 21.5 Å². The highest BCUT2D eigenvalue weighted by Gasteiger charge is 2.30. The van der Waals surface area contributed by atoms with E-state index in [1.165, 1.54) is 0 Å². The number of carbonyl (C=O) groups excluding carboxylic acids is 1. The van der Waals surface area contributed by atoms with Crippen molar-refractivity contribution in [3.05, 3.63) is 84.9 Å². The summed E-state index contributed by atoms with van der Waals surface area (Å²) in [5.41, 5.74) is 0. The fraction of sp³-hybridized carbons (Fsp3) is 0.160. The molecule has 164 valence electrons. The normalized spacial score (nSPS) is 11.4. The molecule has 0 radical (unpaired) electrons. The molecule has 4 rings (SSSR count). The number of nitrogens with one attached hydrogen (secondary N) is 1. The summed E-state index contributed by atoms with van der Waals surface area (Å²) in [6.07, 6.45) is -0.168. The van der Waals surface area contributed by atoms with E-state index in [1.807, 2.05) is 72.8 Å². The van der Waals surface area contributed by atoms with Crippen molar-refractivity contribution in [3.8, 4) is 11.5 Å². The second-order valence-corrected chi connectivity index (χ2v) is 9.04. The Kier molecular flexibility index (Phi) is 6.74. The van der Waals surface area contributed by atoms with Gasteiger partial charge in [0, 0.05) is 10.8 Å². The van der Waals surface area contributed by atoms with E-state index < -0.39 is 13.6 Å². The summed E-state index contributed by atoms with van der Waals surface area (Å²) in [7, 11) is -3.77. The van der Waals surface area contributed by atoms with Crippen LogP contribution in [0.3, 0.4) is 0 Å². The zero-order valence-corrected chi connectivity index (χ0v) is 18.6. The van der Waals surface area contributed by atoms with Crippen molar-refractivity contribution in [3.63, 3.8) is 0 Å². The molecular formula is C25H24NO5P. The minimum Gasteiger partial charge on any atom is -0.465 e. The smallest absolute Gasteiger partial charge is 0.444 e. The first-order valence-corrected chi connectivity index (χ1v) is 12.1. The van der Waals surface area contributed by atoms with Gasteiger partial charge in [-0.3, -0.25) is 10.1 Å². The Balaban J connectivity index is 1.66. The number of rotatable bonds is 9. The van der Waals surface area contributed by atoms with E-state index in [2.05, 4.69) is 5.32 Å². The molecule has 0 aliphatic carbocycles. The molecule has 0 saturated heterocycles. The second kappa shape index (κ2) is 9.86. The molecule has 0 atom stereocenters. The molecule has 0 fully saturated rings. The van der Waals surface area contributed by atoms with E-state index in [4.69, 9.17) is 13.8 Å². The first-order valence-electron chi connectivity index (χ1n) is 10.4. The first kappa shape index (κ1) is 21.9. The fourth-order valence-electron chi connectivity index (χ4n) is 3.44. The third kappa shape index (κ3) is 5.10. The molecule has 0 amide bonds. The van der Waals surface area contributed by atoms with Crippen LogP contribution in [-0.4, -0.2) is 25.4 Å². The van der Waals surface area contributed by atoms with Crippen molar-refractivity contribution in [2.24, 2.45) is 0 Å². The maximum absolute atomic E-state index is 13.9. The summed E-state index contributed by atoms with van der Waals surface area (Å²) in [6.45, 7) is 1.91. The highest BCUT2D eigenvalue weighted by Crippen LogP contribution is 2.50. The van der Waals surface area contributed by atoms with Gasteiger partial charge in [0.2, 0.25) is 0 Å². The Morgan fingerprint density at radius 3 is 1.81 bits per heavy atom. The predicted octanol–water partition coefficient (Wildman–Crippen LogP) is 5.75. The molecule has 4 aromatic rings. The van der Waals surface area contributed by atoms with E-state index in [-0.39, 0.29) is 19.4 Å². The van der Waals surface area contributed by atoms with Crippen LogP contribution < -0.4 is 14.4 Å². The molecule has 6 nitrogen and oxygen atoms in total. The average molecular weight is 449 g/mol. The van der Waals surface area contributed by atoms with Crippen LogP contribution in [0.4, 0.5) is 0 Å².